The number of alkyl halides is 2. The van der Waals surface area contributed by atoms with Crippen LogP contribution in [0.3, 0.4) is 0 Å². The molecule has 0 unspecified atom stereocenters. The summed E-state index contributed by atoms with van der Waals surface area (Å²) in [6.45, 7) is 2.22. The summed E-state index contributed by atoms with van der Waals surface area (Å²) in [5, 5.41) is 6.80. The predicted octanol–water partition coefficient (Wildman–Crippen LogP) is 1.75. The van der Waals surface area contributed by atoms with E-state index in [1.165, 1.54) is 19.1 Å². The van der Waals surface area contributed by atoms with E-state index in [4.69, 9.17) is 5.41 Å². The highest BCUT2D eigenvalue weighted by Gasteiger charge is 2.22. The van der Waals surface area contributed by atoms with Crippen LogP contribution in [0.2, 0.25) is 0 Å². The van der Waals surface area contributed by atoms with Crippen molar-refractivity contribution >= 4 is 14.1 Å². The second-order valence-electron chi connectivity index (χ2n) is 2.79. The van der Waals surface area contributed by atoms with E-state index in [1.807, 2.05) is 0 Å². The third-order valence-corrected chi connectivity index (χ3v) is 1.52. The quantitative estimate of drug-likeness (QED) is 0.380. The third kappa shape index (κ3) is 4.06. The van der Waals surface area contributed by atoms with Gasteiger partial charge in [-0.15, -0.1) is 0 Å². The molecule has 0 aliphatic heterocycles. The summed E-state index contributed by atoms with van der Waals surface area (Å²) in [5.41, 5.74) is 0.655. The second-order valence-corrected chi connectivity index (χ2v) is 2.79. The fourth-order valence-electron chi connectivity index (χ4n) is 0.451. The van der Waals surface area contributed by atoms with Gasteiger partial charge in [0, 0.05) is 13.1 Å². The summed E-state index contributed by atoms with van der Waals surface area (Å²) >= 11 is 0. The highest BCUT2D eigenvalue weighted by Crippen LogP contribution is 2.22. The Bertz CT molecular complexity index is 226. The highest BCUT2D eigenvalue weighted by atomic mass is 19.3. The first-order valence-electron chi connectivity index (χ1n) is 3.62. The first kappa shape index (κ1) is 11.1. The zero-order valence-electron chi connectivity index (χ0n) is 7.49. The standard InChI is InChI=1S/C8H12BF2N/c1-6(8(2,10)11)3-4-7(9)5-12/h3-5,12H,9H2,1-2H3/b6-3+,7-4+,12-5?. The topological polar surface area (TPSA) is 23.9 Å². The third-order valence-electron chi connectivity index (χ3n) is 1.52. The largest absolute Gasteiger partial charge is 0.309 e. The van der Waals surface area contributed by atoms with Gasteiger partial charge in [-0.25, -0.2) is 8.78 Å². The SMILES string of the molecule is B/C(C=N)=C/C=C(\C)C(C)(F)F. The van der Waals surface area contributed by atoms with Crippen molar-refractivity contribution in [2.75, 3.05) is 0 Å². The Morgan fingerprint density at radius 2 is 1.92 bits per heavy atom. The highest BCUT2D eigenvalue weighted by molar-refractivity contribution is 6.32. The summed E-state index contributed by atoms with van der Waals surface area (Å²) in [4.78, 5) is 0. The van der Waals surface area contributed by atoms with Crippen LogP contribution >= 0.6 is 0 Å². The molecule has 0 aliphatic rings. The number of nitrogens with one attached hydrogen (secondary N) is 1. The number of rotatable bonds is 3. The van der Waals surface area contributed by atoms with Gasteiger partial charge in [-0.1, -0.05) is 17.6 Å². The van der Waals surface area contributed by atoms with Crippen molar-refractivity contribution < 1.29 is 8.78 Å². The van der Waals surface area contributed by atoms with Crippen molar-refractivity contribution in [2.24, 2.45) is 0 Å². The number of halogens is 2. The minimum absolute atomic E-state index is 0.00343. The molecule has 0 heterocycles. The molecule has 1 N–H and O–H groups in total. The molecule has 12 heavy (non-hydrogen) atoms. The molecule has 0 rings (SSSR count). The molecular formula is C8H12BF2N. The van der Waals surface area contributed by atoms with Crippen LogP contribution in [-0.2, 0) is 0 Å². The molecule has 0 fully saturated rings. The van der Waals surface area contributed by atoms with Crippen molar-refractivity contribution in [1.29, 1.82) is 5.41 Å². The minimum Gasteiger partial charge on any atom is -0.309 e. The van der Waals surface area contributed by atoms with Gasteiger partial charge in [0.15, 0.2) is 0 Å². The van der Waals surface area contributed by atoms with Crippen molar-refractivity contribution in [3.8, 4) is 0 Å². The fourth-order valence-corrected chi connectivity index (χ4v) is 0.451. The van der Waals surface area contributed by atoms with Crippen LogP contribution in [0.4, 0.5) is 8.78 Å². The number of allylic oxidation sites excluding steroid dienone is 4. The molecule has 0 aromatic heterocycles. The average Bonchev–Trinajstić information content (AvgIpc) is 1.97. The molecule has 0 aromatic rings. The first-order valence-corrected chi connectivity index (χ1v) is 3.62. The second kappa shape index (κ2) is 4.19. The van der Waals surface area contributed by atoms with Gasteiger partial charge in [0.2, 0.25) is 0 Å². The zero-order chi connectivity index (χ0) is 9.78. The Morgan fingerprint density at radius 3 is 2.25 bits per heavy atom. The molecular weight excluding hydrogens is 159 g/mol. The average molecular weight is 171 g/mol. The van der Waals surface area contributed by atoms with Crippen molar-refractivity contribution in [3.05, 3.63) is 23.2 Å². The normalized spacial score (nSPS) is 14.7. The Balaban J connectivity index is 4.49. The summed E-state index contributed by atoms with van der Waals surface area (Å²) in [5.74, 6) is -2.77. The van der Waals surface area contributed by atoms with E-state index in [-0.39, 0.29) is 5.57 Å². The van der Waals surface area contributed by atoms with E-state index < -0.39 is 5.92 Å². The van der Waals surface area contributed by atoms with Gasteiger partial charge in [0.25, 0.3) is 5.92 Å². The maximum Gasteiger partial charge on any atom is 0.266 e. The Labute approximate surface area is 72.1 Å². The first-order chi connectivity index (χ1) is 5.38. The van der Waals surface area contributed by atoms with E-state index in [9.17, 15) is 8.78 Å². The molecule has 0 bridgehead atoms. The summed E-state index contributed by atoms with van der Waals surface area (Å²) in [6.07, 6.45) is 3.96. The lowest BCUT2D eigenvalue weighted by atomic mass is 9.96. The van der Waals surface area contributed by atoms with Crippen LogP contribution in [0.5, 0.6) is 0 Å². The smallest absolute Gasteiger partial charge is 0.266 e. The molecule has 66 valence electrons. The van der Waals surface area contributed by atoms with E-state index in [2.05, 4.69) is 0 Å². The number of hydrogen-bond acceptors (Lipinski definition) is 1. The van der Waals surface area contributed by atoms with Gasteiger partial charge in [-0.3, -0.25) is 0 Å². The summed E-state index contributed by atoms with van der Waals surface area (Å²) in [6, 6.07) is 0. The lowest BCUT2D eigenvalue weighted by molar-refractivity contribution is 0.0635. The van der Waals surface area contributed by atoms with E-state index in [0.717, 1.165) is 13.1 Å². The summed E-state index contributed by atoms with van der Waals surface area (Å²) < 4.78 is 25.0. The molecule has 4 heteroatoms. The maximum absolute atomic E-state index is 12.5. The van der Waals surface area contributed by atoms with Gasteiger partial charge in [-0.2, -0.15) is 0 Å². The van der Waals surface area contributed by atoms with E-state index in [1.54, 1.807) is 7.85 Å². The number of hydrogen-bond donors (Lipinski definition) is 1. The minimum atomic E-state index is -2.77. The predicted molar refractivity (Wildman–Crippen MR) is 49.8 cm³/mol. The molecule has 0 aliphatic carbocycles. The van der Waals surface area contributed by atoms with Gasteiger partial charge in [0.1, 0.15) is 7.85 Å². The zero-order valence-corrected chi connectivity index (χ0v) is 7.49. The van der Waals surface area contributed by atoms with E-state index in [0.29, 0.717) is 5.47 Å². The summed E-state index contributed by atoms with van der Waals surface area (Å²) in [7, 11) is 1.69. The molecule has 0 amide bonds. The Hall–Kier alpha value is -0.925. The fraction of sp³-hybridized carbons (Fsp3) is 0.375. The molecule has 0 spiro atoms. The van der Waals surface area contributed by atoms with Crippen LogP contribution in [0.25, 0.3) is 0 Å². The van der Waals surface area contributed by atoms with Gasteiger partial charge >= 0.3 is 0 Å². The Kier molecular flexibility index (Phi) is 3.87. The molecule has 0 radical (unpaired) electrons. The maximum atomic E-state index is 12.5. The molecule has 1 nitrogen and oxygen atoms in total. The van der Waals surface area contributed by atoms with Crippen molar-refractivity contribution in [3.63, 3.8) is 0 Å². The molecule has 0 saturated heterocycles. The van der Waals surface area contributed by atoms with Crippen LogP contribution in [0.1, 0.15) is 13.8 Å². The van der Waals surface area contributed by atoms with Crippen LogP contribution in [-0.4, -0.2) is 20.0 Å². The van der Waals surface area contributed by atoms with Gasteiger partial charge in [-0.05, 0) is 12.5 Å². The van der Waals surface area contributed by atoms with Crippen LogP contribution in [0.15, 0.2) is 23.2 Å². The van der Waals surface area contributed by atoms with Crippen molar-refractivity contribution in [1.82, 2.24) is 0 Å². The molecule has 0 aromatic carbocycles. The van der Waals surface area contributed by atoms with Gasteiger partial charge < -0.3 is 5.41 Å². The van der Waals surface area contributed by atoms with E-state index >= 15 is 0 Å². The van der Waals surface area contributed by atoms with Crippen LogP contribution in [0, 0.1) is 5.41 Å². The molecule has 0 atom stereocenters. The van der Waals surface area contributed by atoms with Crippen LogP contribution < -0.4 is 0 Å². The lowest BCUT2D eigenvalue weighted by Crippen LogP contribution is -2.10. The van der Waals surface area contributed by atoms with Gasteiger partial charge in [0.05, 0.1) is 0 Å². The Morgan fingerprint density at radius 1 is 1.42 bits per heavy atom. The van der Waals surface area contributed by atoms with Crippen molar-refractivity contribution in [2.45, 2.75) is 19.8 Å². The molecule has 0 saturated carbocycles. The monoisotopic (exact) mass is 171 g/mol. The lowest BCUT2D eigenvalue weighted by Gasteiger charge is -2.09.